The summed E-state index contributed by atoms with van der Waals surface area (Å²) in [5.74, 6) is 5.01. The molecule has 0 unspecified atom stereocenters. The van der Waals surface area contributed by atoms with Gasteiger partial charge in [-0.15, -0.1) is 28.8 Å². The summed E-state index contributed by atoms with van der Waals surface area (Å²) in [6.07, 6.45) is 20.7. The van der Waals surface area contributed by atoms with Crippen molar-refractivity contribution in [2.24, 2.45) is 7.05 Å². The van der Waals surface area contributed by atoms with E-state index in [0.717, 1.165) is 23.1 Å². The van der Waals surface area contributed by atoms with Crippen molar-refractivity contribution < 1.29 is 44.8 Å². The topological polar surface area (TPSA) is 4.93 Å². The van der Waals surface area contributed by atoms with E-state index in [-0.39, 0.29) is 44.8 Å². The third kappa shape index (κ3) is 11.2. The van der Waals surface area contributed by atoms with E-state index in [4.69, 9.17) is 12.8 Å². The summed E-state index contributed by atoms with van der Waals surface area (Å²) in [4.78, 5) is 0. The Morgan fingerprint density at radius 3 is 1.38 bits per heavy atom. The van der Waals surface area contributed by atoms with Gasteiger partial charge in [0.15, 0.2) is 0 Å². The molecule has 0 saturated carbocycles. The molecule has 0 atom stereocenters. The van der Waals surface area contributed by atoms with Crippen molar-refractivity contribution in [1.29, 1.82) is 0 Å². The van der Waals surface area contributed by atoms with Crippen molar-refractivity contribution in [2.75, 3.05) is 12.3 Å². The minimum absolute atomic E-state index is 0. The summed E-state index contributed by atoms with van der Waals surface area (Å²) in [7, 11) is 0.605. The van der Waals surface area contributed by atoms with Crippen LogP contribution in [0.15, 0.2) is 206 Å². The minimum Gasteiger partial charge on any atom is -0.366 e. The molecule has 0 amide bonds. The molecule has 10 rings (SSSR count). The Bertz CT molecular complexity index is 2770. The van der Waals surface area contributed by atoms with E-state index in [1.807, 2.05) is 43.4 Å². The third-order valence-corrected chi connectivity index (χ3v) is 17.5. The standard InChI is InChI=1S/C28H28P2.C15H10N.C15H9.2Au/c1-5-15-25(16-6-1)29(26-17-7-2-8-18-26)23-13-14-24-30(27-19-9-3-10-20-27)28-21-11-4-12-22-28;1-3-11-7-6-9-13-12-8-4-5-10-14(12)16(2)15(11)13;1-2-11-7-5-9-14-13-8-4-3-6-12(13)10-15(11)14;;/h1-12,15-22H,13-14,23-24H2;4-10H,2H3;3-9H,10H2;;/q;2*-1;2*+1/p+2. The van der Waals surface area contributed by atoms with Crippen LogP contribution >= 0.6 is 15.8 Å². The van der Waals surface area contributed by atoms with Gasteiger partial charge in [-0.2, -0.15) is 0 Å². The molecule has 0 aliphatic heterocycles. The molecule has 0 saturated heterocycles. The number of aromatic nitrogens is 1. The van der Waals surface area contributed by atoms with Crippen molar-refractivity contribution in [2.45, 2.75) is 19.3 Å². The zero-order valence-corrected chi connectivity index (χ0v) is 41.5. The number of nitrogens with zero attached hydrogens (tertiary/aromatic N) is 1. The maximum Gasteiger partial charge on any atom is 1.00 e. The van der Waals surface area contributed by atoms with Gasteiger partial charge in [-0.3, -0.25) is 11.8 Å². The Balaban J connectivity index is 0.000000169. The van der Waals surface area contributed by atoms with Gasteiger partial charge in [-0.1, -0.05) is 140 Å². The summed E-state index contributed by atoms with van der Waals surface area (Å²) in [5.41, 5.74) is 9.22. The average Bonchev–Trinajstić information content (AvgIpc) is 3.87. The molecule has 0 N–H and O–H groups in total. The van der Waals surface area contributed by atoms with E-state index in [0.29, 0.717) is 0 Å². The van der Waals surface area contributed by atoms with Gasteiger partial charge in [0.05, 0.1) is 49.4 Å². The number of unbranched alkanes of at least 4 members (excludes halogenated alkanes) is 1. The molecule has 1 heterocycles. The molecular formula is C58H49Au2NP2+2. The molecule has 1 aromatic heterocycles. The molecule has 1 aliphatic rings. The Hall–Kier alpha value is -4.98. The fourth-order valence-corrected chi connectivity index (χ4v) is 14.1. The number of hydrogen-bond donors (Lipinski definition) is 0. The zero-order chi connectivity index (χ0) is 41.8. The van der Waals surface area contributed by atoms with Gasteiger partial charge in [0.2, 0.25) is 0 Å². The summed E-state index contributed by atoms with van der Waals surface area (Å²) in [6.45, 7) is 0. The number of aryl methyl sites for hydroxylation is 1. The van der Waals surface area contributed by atoms with Crippen LogP contribution < -0.4 is 21.2 Å². The molecule has 0 bridgehead atoms. The first-order chi connectivity index (χ1) is 30.1. The average molecular weight is 1220 g/mol. The molecule has 5 heteroatoms. The van der Waals surface area contributed by atoms with Crippen LogP contribution in [0, 0.1) is 24.7 Å². The van der Waals surface area contributed by atoms with Crippen LogP contribution in [0.25, 0.3) is 32.9 Å². The SMILES string of the molecule is [Au+].[Au+].[C-]#Cc1cccc2c1Cc1ccccc1-2.[C-]#Cc1cccc2c3ccccc3n(C)c12.c1ccc([PH+](CCCC[PH+](c2ccccc2)c2ccccc2)c2ccccc2)cc1. The quantitative estimate of drug-likeness (QED) is 0.0446. The first-order valence-corrected chi connectivity index (χ1v) is 24.5. The Kier molecular flexibility index (Phi) is 17.8. The van der Waals surface area contributed by atoms with Gasteiger partial charge >= 0.3 is 44.8 Å². The fourth-order valence-electron chi connectivity index (χ4n) is 8.68. The number of fused-ring (bicyclic) bond motifs is 6. The van der Waals surface area contributed by atoms with Crippen LogP contribution in [-0.2, 0) is 58.2 Å². The summed E-state index contributed by atoms with van der Waals surface area (Å²) < 4.78 is 2.13. The second-order valence-electron chi connectivity index (χ2n) is 15.3. The molecule has 1 nitrogen and oxygen atoms in total. The van der Waals surface area contributed by atoms with E-state index >= 15 is 0 Å². The van der Waals surface area contributed by atoms with Gasteiger partial charge in [-0.25, -0.2) is 0 Å². The van der Waals surface area contributed by atoms with E-state index in [2.05, 4.69) is 186 Å². The Labute approximate surface area is 407 Å². The fraction of sp³-hybridized carbons (Fsp3) is 0.103. The number of benzene rings is 8. The van der Waals surface area contributed by atoms with Crippen LogP contribution in [0.5, 0.6) is 0 Å². The minimum atomic E-state index is -0.714. The Morgan fingerprint density at radius 2 is 0.857 bits per heavy atom. The number of para-hydroxylation sites is 2. The van der Waals surface area contributed by atoms with Gasteiger partial charge < -0.3 is 17.4 Å². The molecular weight excluding hydrogens is 1170 g/mol. The van der Waals surface area contributed by atoms with Gasteiger partial charge in [-0.05, 0) is 101 Å². The second-order valence-corrected chi connectivity index (χ2v) is 20.5. The van der Waals surface area contributed by atoms with E-state index in [1.54, 1.807) is 0 Å². The summed E-state index contributed by atoms with van der Waals surface area (Å²) in [5, 5.41) is 8.55. The third-order valence-electron chi connectivity index (χ3n) is 11.6. The predicted octanol–water partition coefficient (Wildman–Crippen LogP) is 12.0. The maximum atomic E-state index is 7.33. The monoisotopic (exact) mass is 1220 g/mol. The van der Waals surface area contributed by atoms with E-state index in [9.17, 15) is 0 Å². The van der Waals surface area contributed by atoms with Crippen LogP contribution in [0.1, 0.15) is 35.1 Å². The molecule has 1 aliphatic carbocycles. The van der Waals surface area contributed by atoms with E-state index < -0.39 is 15.8 Å². The molecule has 0 radical (unpaired) electrons. The predicted molar refractivity (Wildman–Crippen MR) is 267 cm³/mol. The van der Waals surface area contributed by atoms with Gasteiger partial charge in [0.1, 0.15) is 0 Å². The van der Waals surface area contributed by atoms with Gasteiger partial charge in [0, 0.05) is 18.0 Å². The van der Waals surface area contributed by atoms with Crippen molar-refractivity contribution in [3.05, 3.63) is 241 Å². The normalized spacial score (nSPS) is 10.8. The molecule has 8 aromatic carbocycles. The molecule has 0 spiro atoms. The molecule has 0 fully saturated rings. The molecule has 63 heavy (non-hydrogen) atoms. The van der Waals surface area contributed by atoms with Crippen LogP contribution in [0.3, 0.4) is 0 Å². The first kappa shape index (κ1) is 47.5. The second kappa shape index (κ2) is 23.6. The maximum absolute atomic E-state index is 7.33. The summed E-state index contributed by atoms with van der Waals surface area (Å²) >= 11 is 0. The van der Waals surface area contributed by atoms with Crippen LogP contribution in [-0.4, -0.2) is 16.9 Å². The smallest absolute Gasteiger partial charge is 0.366 e. The van der Waals surface area contributed by atoms with Crippen molar-refractivity contribution in [1.82, 2.24) is 4.57 Å². The number of rotatable bonds is 9. The largest absolute Gasteiger partial charge is 1.00 e. The van der Waals surface area contributed by atoms with E-state index in [1.165, 1.54) is 84.9 Å². The Morgan fingerprint density at radius 1 is 0.444 bits per heavy atom. The van der Waals surface area contributed by atoms with Crippen molar-refractivity contribution >= 4 is 58.9 Å². The molecule has 9 aromatic rings. The zero-order valence-electron chi connectivity index (χ0n) is 35.2. The van der Waals surface area contributed by atoms with Crippen LogP contribution in [0.2, 0.25) is 0 Å². The molecule has 316 valence electrons. The van der Waals surface area contributed by atoms with Gasteiger partial charge in [0.25, 0.3) is 0 Å². The number of hydrogen-bond acceptors (Lipinski definition) is 0. The van der Waals surface area contributed by atoms with Crippen molar-refractivity contribution in [3.8, 4) is 23.0 Å². The van der Waals surface area contributed by atoms with Crippen molar-refractivity contribution in [3.63, 3.8) is 0 Å². The first-order valence-electron chi connectivity index (χ1n) is 21.1. The summed E-state index contributed by atoms with van der Waals surface area (Å²) in [6, 6.07) is 73.4. The van der Waals surface area contributed by atoms with Crippen LogP contribution in [0.4, 0.5) is 0 Å².